The molecule has 0 amide bonds. The van der Waals surface area contributed by atoms with Gasteiger partial charge in [-0.2, -0.15) is 0 Å². The lowest BCUT2D eigenvalue weighted by molar-refractivity contribution is -0.0530. The van der Waals surface area contributed by atoms with E-state index in [0.29, 0.717) is 25.0 Å². The summed E-state index contributed by atoms with van der Waals surface area (Å²) >= 11 is 0. The molecule has 3 aromatic rings. The SMILES string of the molecule is CC1(C)OCCn2c1nc1c(N3C[C@H]4C[C@H]3CO4)nc(-c3cnc(N)nc3)nc12. The van der Waals surface area contributed by atoms with Crippen molar-refractivity contribution in [3.05, 3.63) is 18.2 Å². The molecule has 2 N–H and O–H groups in total. The molecule has 3 aliphatic heterocycles. The zero-order chi connectivity index (χ0) is 19.8. The summed E-state index contributed by atoms with van der Waals surface area (Å²) in [5.41, 5.74) is 7.53. The minimum atomic E-state index is -0.478. The second-order valence-corrected chi connectivity index (χ2v) is 8.32. The van der Waals surface area contributed by atoms with Crippen LogP contribution in [-0.4, -0.2) is 61.4 Å². The molecule has 2 saturated heterocycles. The van der Waals surface area contributed by atoms with Crippen LogP contribution in [0.2, 0.25) is 0 Å². The quantitative estimate of drug-likeness (QED) is 0.682. The van der Waals surface area contributed by atoms with E-state index < -0.39 is 5.60 Å². The number of fused-ring (bicyclic) bond motifs is 5. The summed E-state index contributed by atoms with van der Waals surface area (Å²) < 4.78 is 13.9. The summed E-state index contributed by atoms with van der Waals surface area (Å²) in [6.07, 6.45) is 4.60. The standard InChI is InChI=1S/C19H22N8O2/c1-19(2)17-23-13-15(26(17)3-4-29-19)24-14(10-6-21-18(20)22-7-10)25-16(13)27-8-12-5-11(27)9-28-12/h6-7,11-12H,3-5,8-9H2,1-2H3,(H2,20,21,22)/t11-,12+/m0/s1. The van der Waals surface area contributed by atoms with Crippen molar-refractivity contribution < 1.29 is 9.47 Å². The molecule has 0 spiro atoms. The minimum absolute atomic E-state index is 0.227. The van der Waals surface area contributed by atoms with E-state index in [4.69, 9.17) is 30.2 Å². The van der Waals surface area contributed by atoms with E-state index in [-0.39, 0.29) is 12.1 Å². The lowest BCUT2D eigenvalue weighted by Gasteiger charge is -2.30. The number of ether oxygens (including phenoxy) is 2. The fourth-order valence-electron chi connectivity index (χ4n) is 4.56. The number of hydrogen-bond donors (Lipinski definition) is 1. The van der Waals surface area contributed by atoms with Gasteiger partial charge in [-0.15, -0.1) is 0 Å². The van der Waals surface area contributed by atoms with Gasteiger partial charge < -0.3 is 24.7 Å². The maximum Gasteiger partial charge on any atom is 0.219 e. The first-order valence-electron chi connectivity index (χ1n) is 9.88. The van der Waals surface area contributed by atoms with Crippen LogP contribution >= 0.6 is 0 Å². The molecule has 6 rings (SSSR count). The van der Waals surface area contributed by atoms with E-state index in [1.54, 1.807) is 12.4 Å². The number of anilines is 2. The summed E-state index contributed by atoms with van der Waals surface area (Å²) in [6, 6.07) is 0.316. The molecule has 0 aromatic carbocycles. The van der Waals surface area contributed by atoms with E-state index in [1.807, 2.05) is 13.8 Å². The van der Waals surface area contributed by atoms with Crippen LogP contribution in [0.4, 0.5) is 11.8 Å². The zero-order valence-corrected chi connectivity index (χ0v) is 16.4. The fraction of sp³-hybridized carbons (Fsp3) is 0.526. The van der Waals surface area contributed by atoms with Gasteiger partial charge in [-0.25, -0.2) is 24.9 Å². The summed E-state index contributed by atoms with van der Waals surface area (Å²) in [7, 11) is 0. The van der Waals surface area contributed by atoms with Crippen LogP contribution in [0, 0.1) is 0 Å². The molecule has 10 nitrogen and oxygen atoms in total. The topological polar surface area (TPSA) is 117 Å². The van der Waals surface area contributed by atoms with Gasteiger partial charge in [0.1, 0.15) is 11.4 Å². The highest BCUT2D eigenvalue weighted by Crippen LogP contribution is 2.38. The van der Waals surface area contributed by atoms with Crippen molar-refractivity contribution in [1.29, 1.82) is 0 Å². The third-order valence-corrected chi connectivity index (χ3v) is 6.00. The fourth-order valence-corrected chi connectivity index (χ4v) is 4.56. The largest absolute Gasteiger partial charge is 0.374 e. The third-order valence-electron chi connectivity index (χ3n) is 6.00. The molecular formula is C19H22N8O2. The van der Waals surface area contributed by atoms with Crippen LogP contribution in [-0.2, 0) is 21.6 Å². The van der Waals surface area contributed by atoms with Gasteiger partial charge in [-0.3, -0.25) is 0 Å². The molecule has 3 aliphatic rings. The number of rotatable bonds is 2. The molecule has 2 bridgehead atoms. The van der Waals surface area contributed by atoms with Gasteiger partial charge in [-0.05, 0) is 20.3 Å². The summed E-state index contributed by atoms with van der Waals surface area (Å²) in [6.45, 7) is 6.94. The monoisotopic (exact) mass is 394 g/mol. The Labute approximate surface area is 167 Å². The smallest absolute Gasteiger partial charge is 0.219 e. The predicted molar refractivity (Wildman–Crippen MR) is 105 cm³/mol. The number of imidazole rings is 1. The predicted octanol–water partition coefficient (Wildman–Crippen LogP) is 1.11. The first-order valence-corrected chi connectivity index (χ1v) is 9.88. The highest BCUT2D eigenvalue weighted by molar-refractivity contribution is 5.87. The molecule has 0 radical (unpaired) electrons. The Morgan fingerprint density at radius 3 is 2.72 bits per heavy atom. The first kappa shape index (κ1) is 17.0. The van der Waals surface area contributed by atoms with Gasteiger partial charge in [0.2, 0.25) is 5.95 Å². The normalized spacial score (nSPS) is 25.0. The van der Waals surface area contributed by atoms with E-state index in [2.05, 4.69) is 19.4 Å². The second kappa shape index (κ2) is 5.83. The maximum absolute atomic E-state index is 5.97. The third kappa shape index (κ3) is 2.52. The van der Waals surface area contributed by atoms with Crippen molar-refractivity contribution in [3.8, 4) is 11.4 Å². The maximum atomic E-state index is 5.97. The van der Waals surface area contributed by atoms with Crippen molar-refractivity contribution in [2.45, 2.75) is 44.6 Å². The first-order chi connectivity index (χ1) is 14.0. The molecule has 29 heavy (non-hydrogen) atoms. The molecule has 0 saturated carbocycles. The van der Waals surface area contributed by atoms with Crippen LogP contribution < -0.4 is 10.6 Å². The molecule has 0 unspecified atom stereocenters. The lowest BCUT2D eigenvalue weighted by Crippen LogP contribution is -2.37. The number of nitrogen functional groups attached to an aromatic ring is 1. The van der Waals surface area contributed by atoms with Gasteiger partial charge >= 0.3 is 0 Å². The van der Waals surface area contributed by atoms with Gasteiger partial charge in [0.25, 0.3) is 0 Å². The van der Waals surface area contributed by atoms with Crippen LogP contribution in [0.1, 0.15) is 26.1 Å². The van der Waals surface area contributed by atoms with Crippen LogP contribution in [0.3, 0.4) is 0 Å². The Balaban J connectivity index is 1.59. The van der Waals surface area contributed by atoms with Crippen molar-refractivity contribution in [1.82, 2.24) is 29.5 Å². The van der Waals surface area contributed by atoms with E-state index in [1.165, 1.54) is 0 Å². The van der Waals surface area contributed by atoms with Crippen molar-refractivity contribution in [2.75, 3.05) is 30.4 Å². The molecule has 10 heteroatoms. The number of hydrogen-bond acceptors (Lipinski definition) is 9. The number of morpholine rings is 1. The molecule has 2 atom stereocenters. The number of nitrogens with zero attached hydrogens (tertiary/aromatic N) is 7. The minimum Gasteiger partial charge on any atom is -0.374 e. The van der Waals surface area contributed by atoms with Crippen molar-refractivity contribution in [3.63, 3.8) is 0 Å². The number of nitrogens with two attached hydrogens (primary N) is 1. The molecule has 2 fully saturated rings. The lowest BCUT2D eigenvalue weighted by atomic mass is 10.1. The van der Waals surface area contributed by atoms with Crippen LogP contribution in [0.5, 0.6) is 0 Å². The van der Waals surface area contributed by atoms with Gasteiger partial charge in [0, 0.05) is 25.5 Å². The van der Waals surface area contributed by atoms with E-state index >= 15 is 0 Å². The van der Waals surface area contributed by atoms with Crippen molar-refractivity contribution >= 4 is 22.9 Å². The highest BCUT2D eigenvalue weighted by Gasteiger charge is 2.42. The van der Waals surface area contributed by atoms with Crippen LogP contribution in [0.25, 0.3) is 22.6 Å². The molecule has 150 valence electrons. The number of aromatic nitrogens is 6. The highest BCUT2D eigenvalue weighted by atomic mass is 16.5. The average Bonchev–Trinajstić information content (AvgIpc) is 3.42. The molecule has 3 aromatic heterocycles. The molecular weight excluding hydrogens is 372 g/mol. The summed E-state index contributed by atoms with van der Waals surface area (Å²) in [4.78, 5) is 25.3. The zero-order valence-electron chi connectivity index (χ0n) is 16.4. The van der Waals surface area contributed by atoms with Crippen molar-refractivity contribution in [2.24, 2.45) is 0 Å². The Morgan fingerprint density at radius 1 is 1.17 bits per heavy atom. The Hall–Kier alpha value is -2.85. The average molecular weight is 394 g/mol. The second-order valence-electron chi connectivity index (χ2n) is 8.32. The molecule has 6 heterocycles. The summed E-state index contributed by atoms with van der Waals surface area (Å²) in [5.74, 6) is 2.52. The Kier molecular flexibility index (Phi) is 3.43. The van der Waals surface area contributed by atoms with E-state index in [9.17, 15) is 0 Å². The Morgan fingerprint density at radius 2 is 2.00 bits per heavy atom. The summed E-state index contributed by atoms with van der Waals surface area (Å²) in [5, 5.41) is 0. The van der Waals surface area contributed by atoms with Gasteiger partial charge in [-0.1, -0.05) is 0 Å². The van der Waals surface area contributed by atoms with Gasteiger partial charge in [0.15, 0.2) is 22.8 Å². The molecule has 0 aliphatic carbocycles. The Bertz CT molecular complexity index is 1110. The van der Waals surface area contributed by atoms with E-state index in [0.717, 1.165) is 47.9 Å². The van der Waals surface area contributed by atoms with Gasteiger partial charge in [0.05, 0.1) is 30.9 Å². The van der Waals surface area contributed by atoms with Crippen LogP contribution in [0.15, 0.2) is 12.4 Å².